The Morgan fingerprint density at radius 3 is 3.07 bits per heavy atom. The maximum atomic E-state index is 9.29. The van der Waals surface area contributed by atoms with Gasteiger partial charge >= 0.3 is 0 Å². The number of hydrogen-bond donors (Lipinski definition) is 3. The van der Waals surface area contributed by atoms with Crippen LogP contribution in [0.4, 0.5) is 5.69 Å². The van der Waals surface area contributed by atoms with E-state index in [2.05, 4.69) is 11.4 Å². The van der Waals surface area contributed by atoms with E-state index in [1.54, 1.807) is 0 Å². The molecule has 0 radical (unpaired) electrons. The van der Waals surface area contributed by atoms with Crippen LogP contribution in [-0.4, -0.2) is 29.5 Å². The number of benzene rings is 1. The van der Waals surface area contributed by atoms with E-state index in [9.17, 15) is 5.11 Å². The van der Waals surface area contributed by atoms with E-state index in [0.29, 0.717) is 6.42 Å². The standard InChI is InChI=1S/C11H15NO2/c13-7-10(14)6-8-1-2-11-9(5-8)3-4-12-11/h1-2,5,10,12-14H,3-4,6-7H2. The lowest BCUT2D eigenvalue weighted by Gasteiger charge is -2.08. The van der Waals surface area contributed by atoms with Crippen molar-refractivity contribution in [1.82, 2.24) is 0 Å². The van der Waals surface area contributed by atoms with Crippen LogP contribution in [0.25, 0.3) is 0 Å². The van der Waals surface area contributed by atoms with Gasteiger partial charge in [0.2, 0.25) is 0 Å². The van der Waals surface area contributed by atoms with Crippen LogP contribution >= 0.6 is 0 Å². The summed E-state index contributed by atoms with van der Waals surface area (Å²) >= 11 is 0. The van der Waals surface area contributed by atoms with Crippen LogP contribution < -0.4 is 5.32 Å². The van der Waals surface area contributed by atoms with Crippen molar-refractivity contribution in [2.45, 2.75) is 18.9 Å². The molecule has 1 heterocycles. The number of aliphatic hydroxyl groups is 2. The van der Waals surface area contributed by atoms with Gasteiger partial charge in [-0.25, -0.2) is 0 Å². The van der Waals surface area contributed by atoms with E-state index in [-0.39, 0.29) is 6.61 Å². The normalized spacial score (nSPS) is 16.1. The van der Waals surface area contributed by atoms with Gasteiger partial charge in [0, 0.05) is 18.7 Å². The zero-order valence-corrected chi connectivity index (χ0v) is 8.03. The van der Waals surface area contributed by atoms with E-state index in [4.69, 9.17) is 5.11 Å². The molecule has 0 fully saturated rings. The minimum Gasteiger partial charge on any atom is -0.394 e. The Morgan fingerprint density at radius 1 is 1.43 bits per heavy atom. The summed E-state index contributed by atoms with van der Waals surface area (Å²) < 4.78 is 0. The van der Waals surface area contributed by atoms with Gasteiger partial charge in [-0.3, -0.25) is 0 Å². The van der Waals surface area contributed by atoms with Crippen molar-refractivity contribution in [2.75, 3.05) is 18.5 Å². The molecule has 2 rings (SSSR count). The largest absolute Gasteiger partial charge is 0.394 e. The third kappa shape index (κ3) is 1.89. The van der Waals surface area contributed by atoms with Crippen molar-refractivity contribution >= 4 is 5.69 Å². The highest BCUT2D eigenvalue weighted by Crippen LogP contribution is 2.23. The number of nitrogens with one attached hydrogen (secondary N) is 1. The molecule has 1 aromatic carbocycles. The van der Waals surface area contributed by atoms with E-state index >= 15 is 0 Å². The zero-order chi connectivity index (χ0) is 9.97. The summed E-state index contributed by atoms with van der Waals surface area (Å²) in [4.78, 5) is 0. The maximum absolute atomic E-state index is 9.29. The fourth-order valence-corrected chi connectivity index (χ4v) is 1.82. The van der Waals surface area contributed by atoms with Crippen molar-refractivity contribution in [3.05, 3.63) is 29.3 Å². The average molecular weight is 193 g/mol. The lowest BCUT2D eigenvalue weighted by atomic mass is 10.0. The minimum atomic E-state index is -0.637. The summed E-state index contributed by atoms with van der Waals surface area (Å²) in [5, 5.41) is 21.3. The Morgan fingerprint density at radius 2 is 2.29 bits per heavy atom. The second-order valence-corrected chi connectivity index (χ2v) is 3.71. The molecule has 0 amide bonds. The molecule has 3 heteroatoms. The van der Waals surface area contributed by atoms with Gasteiger partial charge in [-0.05, 0) is 23.6 Å². The first-order valence-corrected chi connectivity index (χ1v) is 4.94. The molecule has 0 spiro atoms. The van der Waals surface area contributed by atoms with Crippen LogP contribution in [0.2, 0.25) is 0 Å². The molecule has 3 N–H and O–H groups in total. The summed E-state index contributed by atoms with van der Waals surface area (Å²) in [5.74, 6) is 0. The molecule has 3 nitrogen and oxygen atoms in total. The van der Waals surface area contributed by atoms with Crippen LogP contribution in [0, 0.1) is 0 Å². The topological polar surface area (TPSA) is 52.5 Å². The van der Waals surface area contributed by atoms with Gasteiger partial charge in [0.05, 0.1) is 12.7 Å². The number of hydrogen-bond acceptors (Lipinski definition) is 3. The molecule has 1 aliphatic heterocycles. The van der Waals surface area contributed by atoms with Gasteiger partial charge in [-0.15, -0.1) is 0 Å². The first-order valence-electron chi connectivity index (χ1n) is 4.94. The molecule has 0 aliphatic carbocycles. The second kappa shape index (κ2) is 3.98. The van der Waals surface area contributed by atoms with Crippen LogP contribution in [0.5, 0.6) is 0 Å². The van der Waals surface area contributed by atoms with Crippen LogP contribution in [-0.2, 0) is 12.8 Å². The molecule has 1 atom stereocenters. The lowest BCUT2D eigenvalue weighted by molar-refractivity contribution is 0.0955. The predicted octanol–water partition coefficient (Wildman–Crippen LogP) is 0.550. The van der Waals surface area contributed by atoms with Crippen molar-refractivity contribution in [1.29, 1.82) is 0 Å². The molecule has 14 heavy (non-hydrogen) atoms. The minimum absolute atomic E-state index is 0.171. The Kier molecular flexibility index (Phi) is 2.70. The van der Waals surface area contributed by atoms with E-state index in [1.165, 1.54) is 11.3 Å². The maximum Gasteiger partial charge on any atom is 0.0811 e. The molecule has 0 bridgehead atoms. The molecule has 1 unspecified atom stereocenters. The van der Waals surface area contributed by atoms with Gasteiger partial charge < -0.3 is 15.5 Å². The van der Waals surface area contributed by atoms with Crippen LogP contribution in [0.3, 0.4) is 0 Å². The summed E-state index contributed by atoms with van der Waals surface area (Å²) in [6.07, 6.45) is 0.949. The molecule has 1 aromatic rings. The summed E-state index contributed by atoms with van der Waals surface area (Å²) in [7, 11) is 0. The molecule has 0 aromatic heterocycles. The highest BCUT2D eigenvalue weighted by molar-refractivity contribution is 5.56. The van der Waals surface area contributed by atoms with E-state index in [0.717, 1.165) is 18.5 Å². The zero-order valence-electron chi connectivity index (χ0n) is 8.03. The fourth-order valence-electron chi connectivity index (χ4n) is 1.82. The smallest absolute Gasteiger partial charge is 0.0811 e. The van der Waals surface area contributed by atoms with Gasteiger partial charge in [0.15, 0.2) is 0 Å². The molecule has 76 valence electrons. The molecule has 0 saturated heterocycles. The monoisotopic (exact) mass is 193 g/mol. The van der Waals surface area contributed by atoms with Crippen LogP contribution in [0.15, 0.2) is 18.2 Å². The Balaban J connectivity index is 2.12. The van der Waals surface area contributed by atoms with Gasteiger partial charge in [0.25, 0.3) is 0 Å². The van der Waals surface area contributed by atoms with Crippen molar-refractivity contribution in [2.24, 2.45) is 0 Å². The first kappa shape index (κ1) is 9.49. The predicted molar refractivity (Wildman–Crippen MR) is 55.4 cm³/mol. The van der Waals surface area contributed by atoms with Crippen molar-refractivity contribution < 1.29 is 10.2 Å². The number of anilines is 1. The molecular formula is C11H15NO2. The second-order valence-electron chi connectivity index (χ2n) is 3.71. The number of aliphatic hydroxyl groups excluding tert-OH is 2. The Labute approximate surface area is 83.4 Å². The van der Waals surface area contributed by atoms with Crippen molar-refractivity contribution in [3.63, 3.8) is 0 Å². The summed E-state index contributed by atoms with van der Waals surface area (Å²) in [6.45, 7) is 0.830. The summed E-state index contributed by atoms with van der Waals surface area (Å²) in [5.41, 5.74) is 3.61. The van der Waals surface area contributed by atoms with Gasteiger partial charge in [-0.1, -0.05) is 12.1 Å². The van der Waals surface area contributed by atoms with Gasteiger partial charge in [0.1, 0.15) is 0 Å². The highest BCUT2D eigenvalue weighted by atomic mass is 16.3. The fraction of sp³-hybridized carbons (Fsp3) is 0.455. The molecule has 0 saturated carbocycles. The average Bonchev–Trinajstić information content (AvgIpc) is 2.64. The Hall–Kier alpha value is -1.06. The Bertz CT molecular complexity index is 325. The highest BCUT2D eigenvalue weighted by Gasteiger charge is 2.11. The third-order valence-corrected chi connectivity index (χ3v) is 2.56. The lowest BCUT2D eigenvalue weighted by Crippen LogP contribution is -2.15. The summed E-state index contributed by atoms with van der Waals surface area (Å²) in [6, 6.07) is 6.14. The number of rotatable bonds is 3. The SMILES string of the molecule is OCC(O)Cc1ccc2c(c1)CCN2. The number of fused-ring (bicyclic) bond motifs is 1. The third-order valence-electron chi connectivity index (χ3n) is 2.56. The van der Waals surface area contributed by atoms with Crippen LogP contribution in [0.1, 0.15) is 11.1 Å². The van der Waals surface area contributed by atoms with Crippen molar-refractivity contribution in [3.8, 4) is 0 Å². The molecule has 1 aliphatic rings. The first-order chi connectivity index (χ1) is 6.79. The molecular weight excluding hydrogens is 178 g/mol. The van der Waals surface area contributed by atoms with E-state index < -0.39 is 6.10 Å². The van der Waals surface area contributed by atoms with E-state index in [1.807, 2.05) is 12.1 Å². The quantitative estimate of drug-likeness (QED) is 0.657. The van der Waals surface area contributed by atoms with Gasteiger partial charge in [-0.2, -0.15) is 0 Å².